The van der Waals surface area contributed by atoms with Crippen molar-refractivity contribution in [2.24, 2.45) is 0 Å². The molecule has 0 spiro atoms. The van der Waals surface area contributed by atoms with E-state index >= 15 is 0 Å². The molecule has 1 atom stereocenters. The van der Waals surface area contributed by atoms with E-state index in [1.54, 1.807) is 0 Å². The SMILES string of the molecule is CC(O)C(=O)O.[Hf]. The molecule has 1 unspecified atom stereocenters. The third-order valence-electron chi connectivity index (χ3n) is 0.357. The van der Waals surface area contributed by atoms with Crippen molar-refractivity contribution >= 4 is 5.97 Å². The van der Waals surface area contributed by atoms with Crippen LogP contribution in [0.15, 0.2) is 0 Å². The minimum atomic E-state index is -1.23. The number of carbonyl (C=O) groups is 1. The predicted octanol–water partition coefficient (Wildman–Crippen LogP) is -0.551. The molecule has 0 amide bonds. The van der Waals surface area contributed by atoms with Crippen molar-refractivity contribution in [2.75, 3.05) is 0 Å². The molecule has 0 saturated heterocycles. The normalized spacial score (nSPS) is 11.7. The summed E-state index contributed by atoms with van der Waals surface area (Å²) in [5.41, 5.74) is 0. The van der Waals surface area contributed by atoms with Crippen LogP contribution < -0.4 is 0 Å². The Kier molecular flexibility index (Phi) is 6.57. The Balaban J connectivity index is 0. The van der Waals surface area contributed by atoms with Crippen LogP contribution in [0.3, 0.4) is 0 Å². The van der Waals surface area contributed by atoms with Crippen molar-refractivity contribution in [1.29, 1.82) is 0 Å². The van der Waals surface area contributed by atoms with Gasteiger partial charge in [-0.15, -0.1) is 0 Å². The molecule has 0 aliphatic heterocycles. The maximum atomic E-state index is 9.45. The Labute approximate surface area is 60.1 Å². The second-order valence-corrected chi connectivity index (χ2v) is 1.01. The van der Waals surface area contributed by atoms with Gasteiger partial charge in [0.2, 0.25) is 0 Å². The van der Waals surface area contributed by atoms with Gasteiger partial charge in [-0.3, -0.25) is 0 Å². The van der Waals surface area contributed by atoms with Crippen molar-refractivity contribution in [3.05, 3.63) is 0 Å². The van der Waals surface area contributed by atoms with E-state index in [1.807, 2.05) is 0 Å². The number of aliphatic carboxylic acids is 1. The number of hydrogen-bond acceptors (Lipinski definition) is 2. The van der Waals surface area contributed by atoms with Gasteiger partial charge in [0.25, 0.3) is 0 Å². The Morgan fingerprint density at radius 3 is 1.86 bits per heavy atom. The van der Waals surface area contributed by atoms with Gasteiger partial charge in [-0.05, 0) is 6.92 Å². The zero-order valence-electron chi connectivity index (χ0n) is 3.88. The van der Waals surface area contributed by atoms with E-state index in [9.17, 15) is 4.79 Å². The zero-order valence-corrected chi connectivity index (χ0v) is 7.47. The molecule has 0 aliphatic carbocycles. The minimum Gasteiger partial charge on any atom is -0.479 e. The summed E-state index contributed by atoms with van der Waals surface area (Å²) in [6.07, 6.45) is -1.23. The third-order valence-corrected chi connectivity index (χ3v) is 0.357. The summed E-state index contributed by atoms with van der Waals surface area (Å²) in [6, 6.07) is 0. The first-order valence-electron chi connectivity index (χ1n) is 1.55. The molecule has 0 rings (SSSR count). The van der Waals surface area contributed by atoms with Crippen LogP contribution in [0.4, 0.5) is 0 Å². The maximum absolute atomic E-state index is 9.45. The zero-order chi connectivity index (χ0) is 5.15. The van der Waals surface area contributed by atoms with Crippen LogP contribution in [-0.2, 0) is 30.6 Å². The maximum Gasteiger partial charge on any atom is 0.332 e. The molecule has 0 saturated carbocycles. The van der Waals surface area contributed by atoms with Gasteiger partial charge in [-0.25, -0.2) is 4.79 Å². The average Bonchev–Trinajstić information content (AvgIpc) is 1.36. The third kappa shape index (κ3) is 6.30. The second kappa shape index (κ2) is 4.46. The molecule has 0 aromatic carbocycles. The molecule has 3 nitrogen and oxygen atoms in total. The molecule has 40 valence electrons. The molecule has 0 aromatic rings. The first-order chi connectivity index (χ1) is 2.64. The van der Waals surface area contributed by atoms with E-state index in [4.69, 9.17) is 10.2 Å². The fourth-order valence-corrected chi connectivity index (χ4v) is 0. The molecule has 0 radical (unpaired) electrons. The van der Waals surface area contributed by atoms with Crippen molar-refractivity contribution in [2.45, 2.75) is 13.0 Å². The molecule has 4 heteroatoms. The standard InChI is InChI=1S/C3H6O3.Hf/c1-2(4)3(5)6;/h2,4H,1H3,(H,5,6);. The average molecular weight is 269 g/mol. The molecule has 0 bridgehead atoms. The Morgan fingerprint density at radius 2 is 1.86 bits per heavy atom. The summed E-state index contributed by atoms with van der Waals surface area (Å²) in [5, 5.41) is 15.8. The van der Waals surface area contributed by atoms with E-state index in [0.717, 1.165) is 0 Å². The summed E-state index contributed by atoms with van der Waals surface area (Å²) in [7, 11) is 0. The van der Waals surface area contributed by atoms with Crippen molar-refractivity contribution in [3.63, 3.8) is 0 Å². The van der Waals surface area contributed by atoms with Crippen LogP contribution in [0.2, 0.25) is 0 Å². The molecule has 0 aliphatic rings. The van der Waals surface area contributed by atoms with Gasteiger partial charge in [0.1, 0.15) is 6.10 Å². The van der Waals surface area contributed by atoms with Gasteiger partial charge in [0.05, 0.1) is 0 Å². The topological polar surface area (TPSA) is 57.5 Å². The van der Waals surface area contributed by atoms with E-state index < -0.39 is 12.1 Å². The van der Waals surface area contributed by atoms with E-state index in [1.165, 1.54) is 6.92 Å². The molecular weight excluding hydrogens is 263 g/mol. The van der Waals surface area contributed by atoms with Crippen LogP contribution in [0.25, 0.3) is 0 Å². The minimum absolute atomic E-state index is 0. The molecule has 2 N–H and O–H groups in total. The monoisotopic (exact) mass is 270 g/mol. The summed E-state index contributed by atoms with van der Waals surface area (Å²) < 4.78 is 0. The number of carboxylic acids is 1. The van der Waals surface area contributed by atoms with Gasteiger partial charge in [0.15, 0.2) is 0 Å². The van der Waals surface area contributed by atoms with Gasteiger partial charge in [-0.1, -0.05) is 0 Å². The van der Waals surface area contributed by atoms with Crippen LogP contribution >= 0.6 is 0 Å². The van der Waals surface area contributed by atoms with Crippen molar-refractivity contribution < 1.29 is 40.9 Å². The van der Waals surface area contributed by atoms with Crippen LogP contribution in [0.5, 0.6) is 0 Å². The second-order valence-electron chi connectivity index (χ2n) is 1.01. The van der Waals surface area contributed by atoms with Gasteiger partial charge in [-0.2, -0.15) is 0 Å². The molecule has 0 aromatic heterocycles. The Hall–Kier alpha value is 0.300. The van der Waals surface area contributed by atoms with E-state index in [-0.39, 0.29) is 25.8 Å². The van der Waals surface area contributed by atoms with E-state index in [2.05, 4.69) is 0 Å². The largest absolute Gasteiger partial charge is 0.479 e. The molecular formula is C3H6HfO3. The Bertz CT molecular complexity index is 61.2. The first kappa shape index (κ1) is 10.3. The van der Waals surface area contributed by atoms with Gasteiger partial charge >= 0.3 is 5.97 Å². The summed E-state index contributed by atoms with van der Waals surface area (Å²) >= 11 is 0. The smallest absolute Gasteiger partial charge is 0.332 e. The fraction of sp³-hybridized carbons (Fsp3) is 0.667. The summed E-state index contributed by atoms with van der Waals surface area (Å²) in [4.78, 5) is 9.45. The molecule has 0 fully saturated rings. The molecule has 0 heterocycles. The summed E-state index contributed by atoms with van der Waals surface area (Å²) in [6.45, 7) is 1.20. The summed E-state index contributed by atoms with van der Waals surface area (Å²) in [5.74, 6) is -1.19. The fourth-order valence-electron chi connectivity index (χ4n) is 0. The molecule has 7 heavy (non-hydrogen) atoms. The van der Waals surface area contributed by atoms with Crippen LogP contribution in [0.1, 0.15) is 6.92 Å². The van der Waals surface area contributed by atoms with Gasteiger partial charge in [0, 0.05) is 25.8 Å². The first-order valence-corrected chi connectivity index (χ1v) is 1.55. The number of hydrogen-bond donors (Lipinski definition) is 2. The van der Waals surface area contributed by atoms with Crippen LogP contribution in [0, 0.1) is 0 Å². The van der Waals surface area contributed by atoms with Gasteiger partial charge < -0.3 is 10.2 Å². The number of aliphatic hydroxyl groups is 1. The van der Waals surface area contributed by atoms with Crippen molar-refractivity contribution in [3.8, 4) is 0 Å². The number of aliphatic hydroxyl groups excluding tert-OH is 1. The Morgan fingerprint density at radius 1 is 1.71 bits per heavy atom. The quantitative estimate of drug-likeness (QED) is 0.628. The number of carboxylic acid groups (broad SMARTS) is 1. The van der Waals surface area contributed by atoms with Crippen LogP contribution in [-0.4, -0.2) is 22.3 Å². The predicted molar refractivity (Wildman–Crippen MR) is 19.3 cm³/mol. The van der Waals surface area contributed by atoms with Crippen molar-refractivity contribution in [1.82, 2.24) is 0 Å². The van der Waals surface area contributed by atoms with E-state index in [0.29, 0.717) is 0 Å². The number of rotatable bonds is 1.